The first-order valence-corrected chi connectivity index (χ1v) is 16.0. The number of rotatable bonds is 10. The lowest BCUT2D eigenvalue weighted by atomic mass is 9.90. The lowest BCUT2D eigenvalue weighted by molar-refractivity contribution is 0.564. The first kappa shape index (κ1) is 30.0. The highest BCUT2D eigenvalue weighted by molar-refractivity contribution is 7.91. The third-order valence-corrected chi connectivity index (χ3v) is 9.23. The van der Waals surface area contributed by atoms with Crippen molar-refractivity contribution in [1.82, 2.24) is 24.5 Å². The molecule has 3 aromatic carbocycles. The molecule has 6 aromatic rings. The molecule has 1 unspecified atom stereocenters. The van der Waals surface area contributed by atoms with Gasteiger partial charge in [0.1, 0.15) is 5.82 Å². The quantitative estimate of drug-likeness (QED) is 0.187. The van der Waals surface area contributed by atoms with Crippen molar-refractivity contribution < 1.29 is 17.2 Å². The fraction of sp³-hybridized carbons (Fsp3) is 0.176. The number of sulfone groups is 1. The molecule has 1 atom stereocenters. The topological polar surface area (TPSA) is 111 Å². The van der Waals surface area contributed by atoms with Gasteiger partial charge in [0, 0.05) is 17.5 Å². The van der Waals surface area contributed by atoms with Crippen LogP contribution in [0.25, 0.3) is 22.3 Å². The normalized spacial score (nSPS) is 12.4. The molecule has 3 aromatic heterocycles. The Labute approximate surface area is 258 Å². The van der Waals surface area contributed by atoms with Gasteiger partial charge in [-0.1, -0.05) is 54.6 Å². The van der Waals surface area contributed by atoms with Crippen molar-refractivity contribution in [2.45, 2.75) is 37.4 Å². The lowest BCUT2D eigenvalue weighted by Crippen LogP contribution is -2.23. The monoisotopic (exact) mass is 625 g/mol. The number of fused-ring (bicyclic) bond motifs is 1. The molecule has 8 nitrogen and oxygen atoms in total. The van der Waals surface area contributed by atoms with Crippen LogP contribution >= 0.6 is 0 Å². The number of nitrogens with zero attached hydrogens (tertiary/aromatic N) is 4. The Balaban J connectivity index is 1.28. The Hall–Kier alpha value is -5.03. The maximum atomic E-state index is 14.9. The van der Waals surface area contributed by atoms with Crippen molar-refractivity contribution in [3.05, 3.63) is 142 Å². The average molecular weight is 626 g/mol. The second-order valence-electron chi connectivity index (χ2n) is 11.0. The predicted octanol–water partition coefficient (Wildman–Crippen LogP) is 6.01. The van der Waals surface area contributed by atoms with Gasteiger partial charge < -0.3 is 9.55 Å². The van der Waals surface area contributed by atoms with Crippen LogP contribution in [-0.4, -0.2) is 38.7 Å². The summed E-state index contributed by atoms with van der Waals surface area (Å²) >= 11 is 0. The second-order valence-corrected chi connectivity index (χ2v) is 13.0. The molecule has 228 valence electrons. The van der Waals surface area contributed by atoms with Crippen LogP contribution in [0.15, 0.2) is 107 Å². The van der Waals surface area contributed by atoms with Gasteiger partial charge in [0.2, 0.25) is 15.0 Å². The third-order valence-electron chi connectivity index (χ3n) is 7.72. The minimum Gasteiger partial charge on any atom is -0.345 e. The number of aromatic amines is 1. The van der Waals surface area contributed by atoms with E-state index in [9.17, 15) is 22.0 Å². The molecule has 0 saturated carbocycles. The zero-order valence-corrected chi connectivity index (χ0v) is 25.1. The van der Waals surface area contributed by atoms with Crippen LogP contribution in [0.4, 0.5) is 8.78 Å². The Morgan fingerprint density at radius 2 is 1.69 bits per heavy atom. The number of H-pyrrole nitrogens is 1. The maximum Gasteiger partial charge on any atom is 0.286 e. The molecule has 0 spiro atoms. The SMILES string of the molecule is Cc1cc(-c2cc(F)c(=O)n(Cc3ccc4nc[nH]c4c3)c2)nc(S(=O)(=O)CCC(Cc2ccccc2F)c2ccccc2)n1. The van der Waals surface area contributed by atoms with E-state index in [1.807, 2.05) is 36.4 Å². The second kappa shape index (κ2) is 12.5. The molecule has 0 radical (unpaired) electrons. The van der Waals surface area contributed by atoms with E-state index in [2.05, 4.69) is 19.9 Å². The van der Waals surface area contributed by atoms with E-state index in [1.165, 1.54) is 16.8 Å². The summed E-state index contributed by atoms with van der Waals surface area (Å²) in [5, 5.41) is -0.391. The predicted molar refractivity (Wildman–Crippen MR) is 168 cm³/mol. The maximum absolute atomic E-state index is 14.9. The van der Waals surface area contributed by atoms with Crippen molar-refractivity contribution >= 4 is 20.9 Å². The molecule has 1 N–H and O–H groups in total. The minimum atomic E-state index is -4.00. The number of imidazole rings is 1. The first-order chi connectivity index (χ1) is 21.7. The van der Waals surface area contributed by atoms with Gasteiger partial charge in [-0.3, -0.25) is 4.79 Å². The summed E-state index contributed by atoms with van der Waals surface area (Å²) in [6.07, 6.45) is 3.54. The fourth-order valence-corrected chi connectivity index (χ4v) is 6.69. The number of benzene rings is 3. The summed E-state index contributed by atoms with van der Waals surface area (Å²) in [4.78, 5) is 28.4. The highest BCUT2D eigenvalue weighted by Crippen LogP contribution is 2.28. The largest absolute Gasteiger partial charge is 0.345 e. The van der Waals surface area contributed by atoms with Gasteiger partial charge in [0.25, 0.3) is 5.56 Å². The smallest absolute Gasteiger partial charge is 0.286 e. The molecule has 3 heterocycles. The number of halogens is 2. The zero-order valence-electron chi connectivity index (χ0n) is 24.3. The summed E-state index contributed by atoms with van der Waals surface area (Å²) < 4.78 is 57.8. The molecule has 0 aliphatic carbocycles. The number of aromatic nitrogens is 5. The van der Waals surface area contributed by atoms with E-state index >= 15 is 0 Å². The van der Waals surface area contributed by atoms with Gasteiger partial charge >= 0.3 is 0 Å². The molecule has 45 heavy (non-hydrogen) atoms. The molecule has 11 heteroatoms. The van der Waals surface area contributed by atoms with E-state index in [4.69, 9.17) is 0 Å². The number of hydrogen-bond acceptors (Lipinski definition) is 6. The van der Waals surface area contributed by atoms with E-state index < -0.39 is 26.4 Å². The van der Waals surface area contributed by atoms with E-state index in [0.29, 0.717) is 17.7 Å². The summed E-state index contributed by atoms with van der Waals surface area (Å²) in [5.41, 5.74) is 3.64. The molecule has 0 bridgehead atoms. The Morgan fingerprint density at radius 3 is 2.49 bits per heavy atom. The van der Waals surface area contributed by atoms with Crippen molar-refractivity contribution in [3.63, 3.8) is 0 Å². The summed E-state index contributed by atoms with van der Waals surface area (Å²) in [7, 11) is -4.00. The molecular formula is C34H29F2N5O3S. The van der Waals surface area contributed by atoms with E-state index in [-0.39, 0.29) is 41.7 Å². The van der Waals surface area contributed by atoms with Crippen LogP contribution < -0.4 is 5.56 Å². The summed E-state index contributed by atoms with van der Waals surface area (Å²) in [6, 6.07) is 23.9. The number of aryl methyl sites for hydroxylation is 1. The summed E-state index contributed by atoms with van der Waals surface area (Å²) in [6.45, 7) is 1.71. The van der Waals surface area contributed by atoms with E-state index in [0.717, 1.165) is 28.2 Å². The summed E-state index contributed by atoms with van der Waals surface area (Å²) in [5.74, 6) is -1.90. The molecule has 0 fully saturated rings. The van der Waals surface area contributed by atoms with E-state index in [1.54, 1.807) is 49.6 Å². The number of hydrogen-bond donors (Lipinski definition) is 1. The number of nitrogens with one attached hydrogen (secondary N) is 1. The first-order valence-electron chi connectivity index (χ1n) is 14.4. The molecule has 0 aliphatic rings. The van der Waals surface area contributed by atoms with Crippen LogP contribution in [0.2, 0.25) is 0 Å². The van der Waals surface area contributed by atoms with Crippen molar-refractivity contribution in [2.24, 2.45) is 0 Å². The van der Waals surface area contributed by atoms with Crippen LogP contribution in [0.1, 0.15) is 34.7 Å². The van der Waals surface area contributed by atoms with Crippen LogP contribution in [0.5, 0.6) is 0 Å². The van der Waals surface area contributed by atoms with Crippen LogP contribution in [0.3, 0.4) is 0 Å². The number of pyridine rings is 1. The molecule has 0 saturated heterocycles. The van der Waals surface area contributed by atoms with Crippen LogP contribution in [0, 0.1) is 18.6 Å². The molecular weight excluding hydrogens is 596 g/mol. The van der Waals surface area contributed by atoms with Gasteiger partial charge in [-0.15, -0.1) is 0 Å². The highest BCUT2D eigenvalue weighted by atomic mass is 32.2. The third kappa shape index (κ3) is 6.73. The molecule has 0 aliphatic heterocycles. The Morgan fingerprint density at radius 1 is 0.911 bits per heavy atom. The standard InChI is InChI=1S/C34H29F2N5O3S/c1-22-15-31(27-18-29(36)33(42)41(20-27)19-23-11-12-30-32(16-23)38-21-37-30)40-34(39-22)45(43,44)14-13-25(24-7-3-2-4-8-24)17-26-9-5-6-10-28(26)35/h2-12,15-16,18,20-21,25H,13-14,17,19H2,1H3,(H,37,38). The van der Waals surface area contributed by atoms with Crippen molar-refractivity contribution in [3.8, 4) is 11.3 Å². The Bertz CT molecular complexity index is 2160. The van der Waals surface area contributed by atoms with Crippen LogP contribution in [-0.2, 0) is 22.8 Å². The molecule has 0 amide bonds. The fourth-order valence-electron chi connectivity index (χ4n) is 5.39. The Kier molecular flexibility index (Phi) is 8.36. The average Bonchev–Trinajstić information content (AvgIpc) is 3.50. The van der Waals surface area contributed by atoms with Gasteiger partial charge in [0.15, 0.2) is 5.82 Å². The molecule has 6 rings (SSSR count). The lowest BCUT2D eigenvalue weighted by Gasteiger charge is -2.18. The van der Waals surface area contributed by atoms with Crippen molar-refractivity contribution in [1.29, 1.82) is 0 Å². The van der Waals surface area contributed by atoms with Crippen molar-refractivity contribution in [2.75, 3.05) is 5.75 Å². The van der Waals surface area contributed by atoms with Gasteiger partial charge in [-0.2, -0.15) is 0 Å². The highest BCUT2D eigenvalue weighted by Gasteiger charge is 2.24. The van der Waals surface area contributed by atoms with Gasteiger partial charge in [-0.25, -0.2) is 32.2 Å². The van der Waals surface area contributed by atoms with Gasteiger partial charge in [0.05, 0.1) is 35.4 Å². The van der Waals surface area contributed by atoms with Gasteiger partial charge in [-0.05, 0) is 72.7 Å². The zero-order chi connectivity index (χ0) is 31.6. The minimum absolute atomic E-state index is 0.0800.